The molecule has 2 N–H and O–H groups in total. The third kappa shape index (κ3) is 6.02. The van der Waals surface area contributed by atoms with Crippen LogP contribution in [0.25, 0.3) is 5.69 Å². The van der Waals surface area contributed by atoms with Gasteiger partial charge in [-0.05, 0) is 42.5 Å². The summed E-state index contributed by atoms with van der Waals surface area (Å²) in [6, 6.07) is 15.4. The van der Waals surface area contributed by atoms with Gasteiger partial charge in [0, 0.05) is 34.3 Å². The number of aromatic nitrogens is 2. The van der Waals surface area contributed by atoms with Crippen molar-refractivity contribution in [1.82, 2.24) is 14.7 Å². The first-order chi connectivity index (χ1) is 15.0. The monoisotopic (exact) mass is 473 g/mol. The number of urea groups is 1. The molecule has 0 aliphatic carbocycles. The number of carbonyl (C=O) groups is 2. The Morgan fingerprint density at radius 3 is 2.31 bits per heavy atom. The van der Waals surface area contributed by atoms with E-state index in [1.165, 1.54) is 11.9 Å². The standard InChI is InChI=1S/C23H25Cl2N5O2/c1-23(2,3)19-13-20(30(28-19)18-10-8-15(24)9-11-18)27-21(31)14-29(4)22(32)26-17-7-5-6-16(25)12-17/h5-13H,14H2,1-4H3,(H,26,32)(H,27,31). The lowest BCUT2D eigenvalue weighted by Gasteiger charge is -2.18. The molecule has 9 heteroatoms. The Balaban J connectivity index is 1.74. The molecule has 0 saturated carbocycles. The lowest BCUT2D eigenvalue weighted by atomic mass is 9.92. The summed E-state index contributed by atoms with van der Waals surface area (Å²) in [5, 5.41) is 11.4. The summed E-state index contributed by atoms with van der Waals surface area (Å²) in [5.41, 5.74) is 1.90. The highest BCUT2D eigenvalue weighted by atomic mass is 35.5. The van der Waals surface area contributed by atoms with E-state index in [1.54, 1.807) is 41.1 Å². The number of hydrogen-bond donors (Lipinski definition) is 2. The average Bonchev–Trinajstić information content (AvgIpc) is 3.12. The SMILES string of the molecule is CN(CC(=O)Nc1cc(C(C)(C)C)nn1-c1ccc(Cl)cc1)C(=O)Nc1cccc(Cl)c1. The third-order valence-corrected chi connectivity index (χ3v) is 5.11. The number of anilines is 2. The number of amides is 3. The van der Waals surface area contributed by atoms with Crippen molar-refractivity contribution >= 4 is 46.6 Å². The Kier molecular flexibility index (Phi) is 7.11. The van der Waals surface area contributed by atoms with Gasteiger partial charge in [-0.3, -0.25) is 4.79 Å². The first-order valence-electron chi connectivity index (χ1n) is 9.97. The van der Waals surface area contributed by atoms with Gasteiger partial charge in [-0.2, -0.15) is 5.10 Å². The number of carbonyl (C=O) groups excluding carboxylic acids is 2. The van der Waals surface area contributed by atoms with E-state index in [4.69, 9.17) is 23.2 Å². The van der Waals surface area contributed by atoms with Gasteiger partial charge in [0.1, 0.15) is 12.4 Å². The van der Waals surface area contributed by atoms with Crippen LogP contribution in [-0.4, -0.2) is 40.2 Å². The molecular weight excluding hydrogens is 449 g/mol. The molecule has 0 aliphatic rings. The Morgan fingerprint density at radius 2 is 1.69 bits per heavy atom. The number of halogens is 2. The fourth-order valence-electron chi connectivity index (χ4n) is 2.87. The van der Waals surface area contributed by atoms with E-state index in [0.717, 1.165) is 11.4 Å². The molecule has 1 aromatic heterocycles. The Morgan fingerprint density at radius 1 is 1.00 bits per heavy atom. The molecule has 168 valence electrons. The molecule has 32 heavy (non-hydrogen) atoms. The van der Waals surface area contributed by atoms with Crippen molar-refractivity contribution in [1.29, 1.82) is 0 Å². The second-order valence-corrected chi connectivity index (χ2v) is 9.27. The van der Waals surface area contributed by atoms with Crippen LogP contribution in [0.4, 0.5) is 16.3 Å². The molecule has 1 heterocycles. The second-order valence-electron chi connectivity index (χ2n) is 8.40. The number of rotatable bonds is 5. The van der Waals surface area contributed by atoms with E-state index in [1.807, 2.05) is 39.0 Å². The molecule has 0 atom stereocenters. The fourth-order valence-corrected chi connectivity index (χ4v) is 3.19. The summed E-state index contributed by atoms with van der Waals surface area (Å²) in [4.78, 5) is 26.4. The second kappa shape index (κ2) is 9.63. The smallest absolute Gasteiger partial charge is 0.318 e. The zero-order chi connectivity index (χ0) is 23.5. The van der Waals surface area contributed by atoms with E-state index >= 15 is 0 Å². The van der Waals surface area contributed by atoms with Gasteiger partial charge < -0.3 is 15.5 Å². The maximum absolute atomic E-state index is 12.7. The molecule has 0 unspecified atom stereocenters. The van der Waals surface area contributed by atoms with Crippen LogP contribution < -0.4 is 10.6 Å². The normalized spacial score (nSPS) is 11.2. The Bertz CT molecular complexity index is 1120. The van der Waals surface area contributed by atoms with Crippen LogP contribution >= 0.6 is 23.2 Å². The molecule has 0 fully saturated rings. The van der Waals surface area contributed by atoms with Crippen LogP contribution in [0.3, 0.4) is 0 Å². The van der Waals surface area contributed by atoms with Crippen molar-refractivity contribution < 1.29 is 9.59 Å². The van der Waals surface area contributed by atoms with Crippen molar-refractivity contribution in [3.63, 3.8) is 0 Å². The van der Waals surface area contributed by atoms with Crippen LogP contribution in [0, 0.1) is 0 Å². The van der Waals surface area contributed by atoms with Gasteiger partial charge in [-0.25, -0.2) is 9.48 Å². The molecule has 0 aliphatic heterocycles. The van der Waals surface area contributed by atoms with E-state index in [9.17, 15) is 9.59 Å². The highest BCUT2D eigenvalue weighted by Crippen LogP contribution is 2.27. The fraction of sp³-hybridized carbons (Fsp3) is 0.261. The van der Waals surface area contributed by atoms with E-state index < -0.39 is 6.03 Å². The van der Waals surface area contributed by atoms with Gasteiger partial charge in [0.15, 0.2) is 0 Å². The quantitative estimate of drug-likeness (QED) is 0.507. The highest BCUT2D eigenvalue weighted by Gasteiger charge is 2.22. The molecule has 0 saturated heterocycles. The largest absolute Gasteiger partial charge is 0.322 e. The van der Waals surface area contributed by atoms with Gasteiger partial charge in [-0.15, -0.1) is 0 Å². The van der Waals surface area contributed by atoms with Crippen LogP contribution in [0.5, 0.6) is 0 Å². The van der Waals surface area contributed by atoms with E-state index in [2.05, 4.69) is 15.7 Å². The molecule has 0 radical (unpaired) electrons. The maximum Gasteiger partial charge on any atom is 0.322 e. The van der Waals surface area contributed by atoms with Gasteiger partial charge in [0.25, 0.3) is 0 Å². The van der Waals surface area contributed by atoms with Crippen molar-refractivity contribution in [2.45, 2.75) is 26.2 Å². The number of likely N-dealkylation sites (N-methyl/N-ethyl adjacent to an activating group) is 1. The number of nitrogens with zero attached hydrogens (tertiary/aromatic N) is 3. The predicted molar refractivity (Wildman–Crippen MR) is 129 cm³/mol. The van der Waals surface area contributed by atoms with E-state index in [0.29, 0.717) is 21.6 Å². The summed E-state index contributed by atoms with van der Waals surface area (Å²) < 4.78 is 1.65. The van der Waals surface area contributed by atoms with Crippen LogP contribution in [-0.2, 0) is 10.2 Å². The Hall–Kier alpha value is -3.03. The maximum atomic E-state index is 12.7. The third-order valence-electron chi connectivity index (χ3n) is 4.62. The number of benzene rings is 2. The van der Waals surface area contributed by atoms with Crippen molar-refractivity contribution in [2.24, 2.45) is 0 Å². The molecule has 3 amide bonds. The van der Waals surface area contributed by atoms with Crippen molar-refractivity contribution in [3.05, 3.63) is 70.3 Å². The van der Waals surface area contributed by atoms with Gasteiger partial charge in [-0.1, -0.05) is 50.0 Å². The minimum atomic E-state index is -0.427. The Labute approximate surface area is 197 Å². The molecule has 7 nitrogen and oxygen atoms in total. The predicted octanol–water partition coefficient (Wildman–Crippen LogP) is 5.58. The number of nitrogens with one attached hydrogen (secondary N) is 2. The molecule has 0 bridgehead atoms. The topological polar surface area (TPSA) is 79.3 Å². The zero-order valence-corrected chi connectivity index (χ0v) is 19.8. The van der Waals surface area contributed by atoms with Gasteiger partial charge in [0.2, 0.25) is 5.91 Å². The van der Waals surface area contributed by atoms with Gasteiger partial charge in [0.05, 0.1) is 11.4 Å². The summed E-state index contributed by atoms with van der Waals surface area (Å²) in [6.45, 7) is 5.98. The van der Waals surface area contributed by atoms with Crippen LogP contribution in [0.15, 0.2) is 54.6 Å². The molecular formula is C23H25Cl2N5O2. The van der Waals surface area contributed by atoms with E-state index in [-0.39, 0.29) is 17.9 Å². The summed E-state index contributed by atoms with van der Waals surface area (Å²) >= 11 is 12.0. The molecule has 3 aromatic rings. The molecule has 0 spiro atoms. The summed E-state index contributed by atoms with van der Waals surface area (Å²) in [7, 11) is 1.54. The van der Waals surface area contributed by atoms with Crippen LogP contribution in [0.1, 0.15) is 26.5 Å². The van der Waals surface area contributed by atoms with Crippen molar-refractivity contribution in [2.75, 3.05) is 24.2 Å². The lowest BCUT2D eigenvalue weighted by Crippen LogP contribution is -2.37. The minimum Gasteiger partial charge on any atom is -0.318 e. The summed E-state index contributed by atoms with van der Waals surface area (Å²) in [5.74, 6) is 0.148. The summed E-state index contributed by atoms with van der Waals surface area (Å²) in [6.07, 6.45) is 0. The zero-order valence-electron chi connectivity index (χ0n) is 18.3. The first kappa shape index (κ1) is 23.6. The van der Waals surface area contributed by atoms with Crippen molar-refractivity contribution in [3.8, 4) is 5.69 Å². The lowest BCUT2D eigenvalue weighted by molar-refractivity contribution is -0.116. The minimum absolute atomic E-state index is 0.150. The average molecular weight is 474 g/mol. The highest BCUT2D eigenvalue weighted by molar-refractivity contribution is 6.31. The van der Waals surface area contributed by atoms with Crippen LogP contribution in [0.2, 0.25) is 10.0 Å². The molecule has 2 aromatic carbocycles. The number of hydrogen-bond acceptors (Lipinski definition) is 3. The first-order valence-corrected chi connectivity index (χ1v) is 10.7. The van der Waals surface area contributed by atoms with Gasteiger partial charge >= 0.3 is 6.03 Å². The molecule has 3 rings (SSSR count).